The van der Waals surface area contributed by atoms with E-state index in [2.05, 4.69) is 20.4 Å². The summed E-state index contributed by atoms with van der Waals surface area (Å²) in [7, 11) is 0. The molecule has 0 atom stereocenters. The van der Waals surface area contributed by atoms with Gasteiger partial charge in [-0.1, -0.05) is 0 Å². The third-order valence-electron chi connectivity index (χ3n) is 1.45. The Morgan fingerprint density at radius 2 is 2.00 bits per heavy atom. The van der Waals surface area contributed by atoms with E-state index in [1.807, 2.05) is 6.07 Å². The molecule has 2 rings (SSSR count). The molecule has 0 aliphatic carbocycles. The van der Waals surface area contributed by atoms with Crippen LogP contribution < -0.4 is 0 Å². The van der Waals surface area contributed by atoms with Gasteiger partial charge in [-0.15, -0.1) is 5.11 Å². The van der Waals surface area contributed by atoms with Gasteiger partial charge in [0.15, 0.2) is 0 Å². The lowest BCUT2D eigenvalue weighted by Crippen LogP contribution is -1.89. The standard InChI is InChI=1S/C7H3N5/c8-1-5-2-11-12-7(5)6-3-9-10-4-6/h2-4H. The summed E-state index contributed by atoms with van der Waals surface area (Å²) in [5.41, 5.74) is 1.72. The van der Waals surface area contributed by atoms with Crippen LogP contribution in [0.2, 0.25) is 0 Å². The topological polar surface area (TPSA) is 73.2 Å². The minimum absolute atomic E-state index is 0.449. The highest BCUT2D eigenvalue weighted by Gasteiger charge is 2.14. The van der Waals surface area contributed by atoms with E-state index >= 15 is 0 Å². The van der Waals surface area contributed by atoms with Crippen molar-refractivity contribution in [1.29, 1.82) is 5.26 Å². The van der Waals surface area contributed by atoms with Crippen LogP contribution in [0.3, 0.4) is 0 Å². The molecule has 0 spiro atoms. The smallest absolute Gasteiger partial charge is 0.115 e. The van der Waals surface area contributed by atoms with Crippen LogP contribution in [0, 0.1) is 11.3 Å². The number of hydrogen-bond acceptors (Lipinski definition) is 5. The normalized spacial score (nSPS) is 18.8. The molecule has 0 amide bonds. The molecule has 0 aromatic rings. The molecule has 0 saturated carbocycles. The van der Waals surface area contributed by atoms with Gasteiger partial charge in [0.25, 0.3) is 0 Å². The predicted molar refractivity (Wildman–Crippen MR) is 42.6 cm³/mol. The summed E-state index contributed by atoms with van der Waals surface area (Å²) in [6.45, 7) is 0. The van der Waals surface area contributed by atoms with Crippen LogP contribution in [0.25, 0.3) is 0 Å². The van der Waals surface area contributed by atoms with Crippen LogP contribution in [0.5, 0.6) is 0 Å². The Labute approximate surface area is 68.1 Å². The summed E-state index contributed by atoms with van der Waals surface area (Å²) in [4.78, 5) is 0. The first-order chi connectivity index (χ1) is 5.92. The van der Waals surface area contributed by atoms with Crippen molar-refractivity contribution in [2.45, 2.75) is 0 Å². The van der Waals surface area contributed by atoms with Gasteiger partial charge < -0.3 is 0 Å². The molecule has 5 nitrogen and oxygen atoms in total. The second-order valence-electron chi connectivity index (χ2n) is 2.16. The quantitative estimate of drug-likeness (QED) is 0.520. The fraction of sp³-hybridized carbons (Fsp3) is 0. The van der Waals surface area contributed by atoms with Gasteiger partial charge in [0, 0.05) is 5.57 Å². The number of hydrogen-bond donors (Lipinski definition) is 0. The fourth-order valence-electron chi connectivity index (χ4n) is 0.901. The average molecular weight is 157 g/mol. The first-order valence-electron chi connectivity index (χ1n) is 3.24. The van der Waals surface area contributed by atoms with Crippen LogP contribution in [0.15, 0.2) is 43.5 Å². The maximum Gasteiger partial charge on any atom is 0.115 e. The molecule has 12 heavy (non-hydrogen) atoms. The van der Waals surface area contributed by atoms with Crippen molar-refractivity contribution in [1.82, 2.24) is 0 Å². The number of rotatable bonds is 0. The molecule has 2 heterocycles. The van der Waals surface area contributed by atoms with Gasteiger partial charge in [0.2, 0.25) is 0 Å². The van der Waals surface area contributed by atoms with Gasteiger partial charge in [-0.2, -0.15) is 20.6 Å². The van der Waals surface area contributed by atoms with Gasteiger partial charge in [-0.25, -0.2) is 0 Å². The molecule has 2 aliphatic rings. The molecule has 0 fully saturated rings. The Morgan fingerprint density at radius 1 is 1.25 bits per heavy atom. The van der Waals surface area contributed by atoms with Crippen LogP contribution in [-0.4, -0.2) is 12.4 Å². The van der Waals surface area contributed by atoms with Gasteiger partial charge in [0.05, 0.1) is 18.6 Å². The summed E-state index contributed by atoms with van der Waals surface area (Å²) < 4.78 is 0. The van der Waals surface area contributed by atoms with E-state index in [1.54, 1.807) is 12.4 Å². The Kier molecular flexibility index (Phi) is 1.38. The van der Waals surface area contributed by atoms with Crippen LogP contribution in [-0.2, 0) is 0 Å². The molecule has 0 unspecified atom stereocenters. The summed E-state index contributed by atoms with van der Waals surface area (Å²) in [5.74, 6) is 0. The maximum absolute atomic E-state index is 8.64. The predicted octanol–water partition coefficient (Wildman–Crippen LogP) is 1.18. The Hall–Kier alpha value is -2.09. The highest BCUT2D eigenvalue weighted by Crippen LogP contribution is 2.21. The summed E-state index contributed by atoms with van der Waals surface area (Å²) >= 11 is 0. The van der Waals surface area contributed by atoms with E-state index in [1.165, 1.54) is 6.20 Å². The Morgan fingerprint density at radius 3 is 2.67 bits per heavy atom. The fourth-order valence-corrected chi connectivity index (χ4v) is 0.901. The van der Waals surface area contributed by atoms with Crippen LogP contribution >= 0.6 is 0 Å². The molecule has 2 aliphatic heterocycles. The van der Waals surface area contributed by atoms with E-state index in [-0.39, 0.29) is 0 Å². The van der Waals surface area contributed by atoms with Crippen molar-refractivity contribution in [3.63, 3.8) is 0 Å². The Balaban J connectivity index is 2.50. The lowest BCUT2D eigenvalue weighted by Gasteiger charge is -1.90. The van der Waals surface area contributed by atoms with Gasteiger partial charge in [-0.3, -0.25) is 0 Å². The molecule has 0 bridgehead atoms. The second kappa shape index (κ2) is 2.51. The minimum atomic E-state index is 0.449. The number of allylic oxidation sites excluding steroid dienone is 2. The molecule has 0 N–H and O–H groups in total. The molecule has 0 aromatic heterocycles. The molecule has 0 aromatic carbocycles. The zero-order valence-electron chi connectivity index (χ0n) is 5.97. The maximum atomic E-state index is 8.64. The third-order valence-corrected chi connectivity index (χ3v) is 1.45. The zero-order chi connectivity index (χ0) is 8.39. The molecular weight excluding hydrogens is 154 g/mol. The number of azo groups is 1. The van der Waals surface area contributed by atoms with E-state index in [0.717, 1.165) is 5.57 Å². The Bertz CT molecular complexity index is 388. The van der Waals surface area contributed by atoms with Crippen molar-refractivity contribution < 1.29 is 0 Å². The first kappa shape index (κ1) is 6.61. The third kappa shape index (κ3) is 0.864. The van der Waals surface area contributed by atoms with Crippen molar-refractivity contribution in [3.8, 4) is 6.07 Å². The summed E-state index contributed by atoms with van der Waals surface area (Å²) in [6, 6.07) is 1.98. The summed E-state index contributed by atoms with van der Waals surface area (Å²) in [6.07, 6.45) is 4.51. The SMILES string of the molecule is N#CC1=CN=NC1=C1C=NN=C1. The number of nitriles is 1. The van der Waals surface area contributed by atoms with Crippen LogP contribution in [0.1, 0.15) is 0 Å². The molecule has 5 heteroatoms. The summed E-state index contributed by atoms with van der Waals surface area (Å²) in [5, 5.41) is 23.3. The van der Waals surface area contributed by atoms with Gasteiger partial charge >= 0.3 is 0 Å². The van der Waals surface area contributed by atoms with E-state index < -0.39 is 0 Å². The molecule has 56 valence electrons. The van der Waals surface area contributed by atoms with Crippen molar-refractivity contribution in [3.05, 3.63) is 23.0 Å². The largest absolute Gasteiger partial charge is 0.192 e. The van der Waals surface area contributed by atoms with Gasteiger partial charge in [-0.05, 0) is 0 Å². The highest BCUT2D eigenvalue weighted by molar-refractivity contribution is 6.08. The lowest BCUT2D eigenvalue weighted by molar-refractivity contribution is 1.23. The first-order valence-corrected chi connectivity index (χ1v) is 3.24. The average Bonchev–Trinajstić information content (AvgIpc) is 2.74. The molecular formula is C7H3N5. The molecule has 0 saturated heterocycles. The lowest BCUT2D eigenvalue weighted by atomic mass is 10.1. The number of nitrogens with zero attached hydrogens (tertiary/aromatic N) is 5. The monoisotopic (exact) mass is 157 g/mol. The van der Waals surface area contributed by atoms with Gasteiger partial charge in [0.1, 0.15) is 17.3 Å². The highest BCUT2D eigenvalue weighted by atomic mass is 15.2. The van der Waals surface area contributed by atoms with Crippen molar-refractivity contribution >= 4 is 12.4 Å². The van der Waals surface area contributed by atoms with E-state index in [4.69, 9.17) is 5.26 Å². The van der Waals surface area contributed by atoms with Crippen LogP contribution in [0.4, 0.5) is 0 Å². The van der Waals surface area contributed by atoms with E-state index in [9.17, 15) is 0 Å². The van der Waals surface area contributed by atoms with Crippen molar-refractivity contribution in [2.75, 3.05) is 0 Å². The second-order valence-corrected chi connectivity index (χ2v) is 2.16. The minimum Gasteiger partial charge on any atom is -0.192 e. The van der Waals surface area contributed by atoms with Crippen molar-refractivity contribution in [2.24, 2.45) is 20.4 Å². The van der Waals surface area contributed by atoms with E-state index in [0.29, 0.717) is 11.3 Å². The molecule has 0 radical (unpaired) electrons. The zero-order valence-corrected chi connectivity index (χ0v) is 5.97.